The minimum absolute atomic E-state index is 0.171. The number of aryl methyl sites for hydroxylation is 1. The predicted molar refractivity (Wildman–Crippen MR) is 148 cm³/mol. The van der Waals surface area contributed by atoms with Crippen molar-refractivity contribution in [2.75, 3.05) is 27.3 Å². The largest absolute Gasteiger partial charge is 0.493 e. The highest BCUT2D eigenvalue weighted by atomic mass is 16.5. The monoisotopic (exact) mass is 509 g/mol. The molecule has 1 aliphatic carbocycles. The first kappa shape index (κ1) is 23.6. The molecule has 7 rings (SSSR count). The van der Waals surface area contributed by atoms with Crippen LogP contribution in [0, 0.1) is 0 Å². The Bertz CT molecular complexity index is 1380. The second-order valence-electron chi connectivity index (χ2n) is 10.9. The van der Waals surface area contributed by atoms with E-state index in [0.29, 0.717) is 6.04 Å². The average molecular weight is 510 g/mol. The molecule has 196 valence electrons. The third kappa shape index (κ3) is 3.77. The number of hydrogen-bond acceptors (Lipinski definition) is 6. The van der Waals surface area contributed by atoms with E-state index in [0.717, 1.165) is 60.9 Å². The molecule has 3 aromatic rings. The van der Waals surface area contributed by atoms with E-state index in [2.05, 4.69) is 64.5 Å². The first-order chi connectivity index (χ1) is 18.7. The van der Waals surface area contributed by atoms with Crippen LogP contribution < -0.4 is 14.2 Å². The molecular formula is C32H35N3O3. The van der Waals surface area contributed by atoms with Gasteiger partial charge in [0, 0.05) is 49.5 Å². The molecule has 4 aliphatic rings. The smallest absolute Gasteiger partial charge is 0.200 e. The van der Waals surface area contributed by atoms with E-state index < -0.39 is 5.72 Å². The zero-order valence-corrected chi connectivity index (χ0v) is 22.2. The van der Waals surface area contributed by atoms with Gasteiger partial charge in [-0.05, 0) is 54.7 Å². The zero-order chi connectivity index (χ0) is 25.7. The molecule has 0 N–H and O–H groups in total. The number of benzene rings is 3. The zero-order valence-electron chi connectivity index (χ0n) is 22.2. The van der Waals surface area contributed by atoms with Crippen molar-refractivity contribution in [3.8, 4) is 17.2 Å². The molecular weight excluding hydrogens is 474 g/mol. The molecule has 38 heavy (non-hydrogen) atoms. The van der Waals surface area contributed by atoms with Crippen LogP contribution in [-0.2, 0) is 6.42 Å². The van der Waals surface area contributed by atoms with Gasteiger partial charge in [-0.15, -0.1) is 0 Å². The fourth-order valence-corrected chi connectivity index (χ4v) is 7.04. The average Bonchev–Trinajstić information content (AvgIpc) is 3.44. The highest BCUT2D eigenvalue weighted by Crippen LogP contribution is 2.51. The number of likely N-dealkylation sites (tertiary alicyclic amines) is 1. The van der Waals surface area contributed by atoms with E-state index in [1.165, 1.54) is 36.0 Å². The number of ether oxygens (including phenoxy) is 3. The van der Waals surface area contributed by atoms with E-state index >= 15 is 0 Å². The lowest BCUT2D eigenvalue weighted by molar-refractivity contribution is -0.153. The van der Waals surface area contributed by atoms with Crippen molar-refractivity contribution in [2.24, 2.45) is 5.10 Å². The van der Waals surface area contributed by atoms with E-state index in [9.17, 15) is 0 Å². The molecule has 0 saturated carbocycles. The molecule has 0 unspecified atom stereocenters. The first-order valence-electron chi connectivity index (χ1n) is 13.9. The van der Waals surface area contributed by atoms with Crippen LogP contribution in [0.4, 0.5) is 0 Å². The number of methoxy groups -OCH3 is 2. The number of para-hydroxylation sites is 1. The molecule has 0 radical (unpaired) electrons. The summed E-state index contributed by atoms with van der Waals surface area (Å²) >= 11 is 0. The number of nitrogens with zero attached hydrogens (tertiary/aromatic N) is 3. The number of hydrogen-bond donors (Lipinski definition) is 0. The molecule has 0 aromatic heterocycles. The van der Waals surface area contributed by atoms with Crippen molar-refractivity contribution >= 4 is 5.71 Å². The Morgan fingerprint density at radius 3 is 2.45 bits per heavy atom. The molecule has 3 heterocycles. The third-order valence-corrected chi connectivity index (χ3v) is 8.98. The van der Waals surface area contributed by atoms with Crippen molar-refractivity contribution in [1.82, 2.24) is 9.91 Å². The summed E-state index contributed by atoms with van der Waals surface area (Å²) in [5, 5.41) is 7.57. The topological polar surface area (TPSA) is 46.5 Å². The molecule has 0 amide bonds. The Morgan fingerprint density at radius 2 is 1.63 bits per heavy atom. The van der Waals surface area contributed by atoms with Gasteiger partial charge in [0.15, 0.2) is 11.5 Å². The summed E-state index contributed by atoms with van der Waals surface area (Å²) in [6.07, 6.45) is 6.41. The van der Waals surface area contributed by atoms with Crippen molar-refractivity contribution in [3.63, 3.8) is 0 Å². The van der Waals surface area contributed by atoms with Gasteiger partial charge in [0.2, 0.25) is 5.72 Å². The summed E-state index contributed by atoms with van der Waals surface area (Å²) < 4.78 is 18.0. The number of fused-ring (bicyclic) bond motifs is 5. The number of piperidine rings is 1. The predicted octanol–water partition coefficient (Wildman–Crippen LogP) is 6.12. The highest BCUT2D eigenvalue weighted by molar-refractivity contribution is 6.02. The molecule has 1 fully saturated rings. The maximum absolute atomic E-state index is 6.89. The van der Waals surface area contributed by atoms with Crippen molar-refractivity contribution in [2.45, 2.75) is 56.3 Å². The van der Waals surface area contributed by atoms with E-state index in [-0.39, 0.29) is 6.04 Å². The molecule has 3 aromatic carbocycles. The van der Waals surface area contributed by atoms with Gasteiger partial charge in [-0.25, -0.2) is 5.01 Å². The van der Waals surface area contributed by atoms with Crippen LogP contribution in [0.2, 0.25) is 0 Å². The van der Waals surface area contributed by atoms with Gasteiger partial charge < -0.3 is 14.2 Å². The second kappa shape index (κ2) is 9.35. The Labute approximate surface area is 224 Å². The molecule has 6 nitrogen and oxygen atoms in total. The van der Waals surface area contributed by atoms with E-state index in [4.69, 9.17) is 19.3 Å². The van der Waals surface area contributed by atoms with Gasteiger partial charge in [-0.2, -0.15) is 5.10 Å². The van der Waals surface area contributed by atoms with Crippen LogP contribution in [-0.4, -0.2) is 48.7 Å². The van der Waals surface area contributed by atoms with Crippen LogP contribution in [0.15, 0.2) is 71.8 Å². The Morgan fingerprint density at radius 1 is 0.868 bits per heavy atom. The number of rotatable bonds is 4. The fourth-order valence-electron chi connectivity index (χ4n) is 7.04. The van der Waals surface area contributed by atoms with Gasteiger partial charge in [0.05, 0.1) is 26.0 Å². The first-order valence-corrected chi connectivity index (χ1v) is 13.9. The van der Waals surface area contributed by atoms with Crippen LogP contribution in [0.1, 0.15) is 66.4 Å². The summed E-state index contributed by atoms with van der Waals surface area (Å²) in [4.78, 5) is 2.69. The number of hydrazone groups is 1. The lowest BCUT2D eigenvalue weighted by Crippen LogP contribution is -2.59. The van der Waals surface area contributed by atoms with Gasteiger partial charge in [0.1, 0.15) is 5.75 Å². The van der Waals surface area contributed by atoms with Crippen LogP contribution >= 0.6 is 0 Å². The molecule has 1 spiro atoms. The lowest BCUT2D eigenvalue weighted by Gasteiger charge is -2.52. The van der Waals surface area contributed by atoms with Crippen molar-refractivity contribution in [1.29, 1.82) is 0 Å². The van der Waals surface area contributed by atoms with Gasteiger partial charge in [0.25, 0.3) is 0 Å². The summed E-state index contributed by atoms with van der Waals surface area (Å²) in [6, 6.07) is 24.3. The summed E-state index contributed by atoms with van der Waals surface area (Å²) in [5.41, 5.74) is 5.98. The molecule has 0 bridgehead atoms. The van der Waals surface area contributed by atoms with Gasteiger partial charge in [-0.3, -0.25) is 4.90 Å². The van der Waals surface area contributed by atoms with E-state index in [1.807, 2.05) is 12.1 Å². The molecule has 2 atom stereocenters. The SMILES string of the molecule is COc1ccc(C2=NN3[C@H](C2)c2ccccc2OC32CCN([C@H]3CCCc4ccccc43)CC2)cc1OC. The van der Waals surface area contributed by atoms with Gasteiger partial charge >= 0.3 is 0 Å². The third-order valence-electron chi connectivity index (χ3n) is 8.98. The summed E-state index contributed by atoms with van der Waals surface area (Å²) in [6.45, 7) is 2.01. The highest BCUT2D eigenvalue weighted by Gasteiger charge is 2.52. The Balaban J connectivity index is 1.20. The van der Waals surface area contributed by atoms with Crippen molar-refractivity contribution < 1.29 is 14.2 Å². The Kier molecular flexibility index (Phi) is 5.81. The lowest BCUT2D eigenvalue weighted by atomic mass is 9.84. The fraction of sp³-hybridized carbons (Fsp3) is 0.406. The summed E-state index contributed by atoms with van der Waals surface area (Å²) in [5.74, 6) is 2.47. The summed E-state index contributed by atoms with van der Waals surface area (Å²) in [7, 11) is 3.35. The van der Waals surface area contributed by atoms with E-state index in [1.54, 1.807) is 14.2 Å². The standard InChI is InChI=1S/C32H35N3O3/c1-36-30-15-14-23(20-31(30)37-2)26-21-28-25-11-5-6-13-29(25)38-32(35(28)33-26)16-18-34(19-17-32)27-12-7-9-22-8-3-4-10-24(22)27/h3-6,8,10-11,13-15,20,27-28H,7,9,12,16-19,21H2,1-2H3/t27-,28+/m0/s1. The minimum atomic E-state index is -0.429. The normalized spacial score (nSPS) is 23.6. The maximum atomic E-state index is 6.89. The molecule has 6 heteroatoms. The molecule has 1 saturated heterocycles. The Hall–Kier alpha value is -3.51. The van der Waals surface area contributed by atoms with Gasteiger partial charge in [-0.1, -0.05) is 42.5 Å². The minimum Gasteiger partial charge on any atom is -0.493 e. The maximum Gasteiger partial charge on any atom is 0.200 e. The molecule has 3 aliphatic heterocycles. The van der Waals surface area contributed by atoms with Crippen LogP contribution in [0.3, 0.4) is 0 Å². The second-order valence-corrected chi connectivity index (χ2v) is 10.9. The van der Waals surface area contributed by atoms with Crippen LogP contribution in [0.5, 0.6) is 17.2 Å². The van der Waals surface area contributed by atoms with Crippen LogP contribution in [0.25, 0.3) is 0 Å². The van der Waals surface area contributed by atoms with Crippen molar-refractivity contribution in [3.05, 3.63) is 89.0 Å². The quantitative estimate of drug-likeness (QED) is 0.424.